The second-order valence-corrected chi connectivity index (χ2v) is 10.7. The van der Waals surface area contributed by atoms with Crippen LogP contribution in [0.5, 0.6) is 0 Å². The number of hydrogen-bond acceptors (Lipinski definition) is 5. The van der Waals surface area contributed by atoms with Crippen LogP contribution in [-0.2, 0) is 19.6 Å². The van der Waals surface area contributed by atoms with Crippen LogP contribution in [0, 0.1) is 0 Å². The van der Waals surface area contributed by atoms with Gasteiger partial charge < -0.3 is 4.74 Å². The maximum atomic E-state index is 13.0. The van der Waals surface area contributed by atoms with Gasteiger partial charge in [0.25, 0.3) is 0 Å². The smallest absolute Gasteiger partial charge is 0.333 e. The van der Waals surface area contributed by atoms with E-state index >= 15 is 0 Å². The van der Waals surface area contributed by atoms with Gasteiger partial charge in [0.2, 0.25) is 10.0 Å². The van der Waals surface area contributed by atoms with Crippen LogP contribution in [0.2, 0.25) is 0 Å². The molecule has 4 fully saturated rings. The molecule has 0 spiro atoms. The number of hydrogen-bond donors (Lipinski definition) is 0. The fourth-order valence-electron chi connectivity index (χ4n) is 4.69. The van der Waals surface area contributed by atoms with Gasteiger partial charge in [0.1, 0.15) is 6.10 Å². The quantitative estimate of drug-likeness (QED) is 0.572. The summed E-state index contributed by atoms with van der Waals surface area (Å²) in [6.07, 6.45) is 5.54. The molecule has 3 aliphatic heterocycles. The number of thioether (sulfide) groups is 1. The molecule has 3 heterocycles. The Morgan fingerprint density at radius 2 is 1.96 bits per heavy atom. The van der Waals surface area contributed by atoms with Crippen molar-refractivity contribution < 1.29 is 17.9 Å². The van der Waals surface area contributed by atoms with Gasteiger partial charge in [0.05, 0.1) is 11.3 Å². The van der Waals surface area contributed by atoms with Gasteiger partial charge in [-0.1, -0.05) is 25.8 Å². The first-order valence-electron chi connectivity index (χ1n) is 8.45. The van der Waals surface area contributed by atoms with E-state index in [1.165, 1.54) is 6.42 Å². The summed E-state index contributed by atoms with van der Waals surface area (Å²) >= 11 is 1.71. The predicted molar refractivity (Wildman–Crippen MR) is 89.7 cm³/mol. The zero-order chi connectivity index (χ0) is 16.4. The number of esters is 1. The highest BCUT2D eigenvalue weighted by atomic mass is 32.2. The SMILES string of the molecule is C=C(C)C(=O)OC1C2CC3C(S2)C1N(C1CCCCC1)S3(=O)=O. The number of rotatable bonds is 3. The Morgan fingerprint density at radius 1 is 1.26 bits per heavy atom. The average Bonchev–Trinajstić information content (AvgIpc) is 3.11. The fourth-order valence-corrected chi connectivity index (χ4v) is 9.81. The molecule has 0 radical (unpaired) electrons. The van der Waals surface area contributed by atoms with Crippen molar-refractivity contribution in [2.75, 3.05) is 0 Å². The van der Waals surface area contributed by atoms with Crippen LogP contribution >= 0.6 is 11.8 Å². The van der Waals surface area contributed by atoms with Crippen molar-refractivity contribution >= 4 is 27.8 Å². The lowest BCUT2D eigenvalue weighted by Crippen LogP contribution is -2.51. The van der Waals surface area contributed by atoms with E-state index < -0.39 is 16.0 Å². The monoisotopic (exact) mass is 357 g/mol. The third-order valence-corrected chi connectivity index (χ3v) is 9.98. The van der Waals surface area contributed by atoms with E-state index in [0.717, 1.165) is 25.7 Å². The molecule has 23 heavy (non-hydrogen) atoms. The molecule has 0 aromatic rings. The molecule has 5 unspecified atom stereocenters. The summed E-state index contributed by atoms with van der Waals surface area (Å²) in [5.41, 5.74) is 0.374. The lowest BCUT2D eigenvalue weighted by Gasteiger charge is -2.36. The van der Waals surface area contributed by atoms with Gasteiger partial charge >= 0.3 is 5.97 Å². The Hall–Kier alpha value is -0.530. The van der Waals surface area contributed by atoms with Gasteiger partial charge in [-0.25, -0.2) is 13.2 Å². The van der Waals surface area contributed by atoms with E-state index in [4.69, 9.17) is 4.74 Å². The third kappa shape index (κ3) is 2.30. The highest BCUT2D eigenvalue weighted by Gasteiger charge is 2.69. The summed E-state index contributed by atoms with van der Waals surface area (Å²) in [4.78, 5) is 12.0. The number of carbonyl (C=O) groups is 1. The van der Waals surface area contributed by atoms with Crippen LogP contribution < -0.4 is 0 Å². The van der Waals surface area contributed by atoms with E-state index in [-0.39, 0.29) is 33.9 Å². The first-order chi connectivity index (χ1) is 10.9. The number of fused-ring (bicyclic) bond motifs is 1. The highest BCUT2D eigenvalue weighted by Crippen LogP contribution is 2.58. The second kappa shape index (κ2) is 5.49. The highest BCUT2D eigenvalue weighted by molar-refractivity contribution is 8.03. The molecule has 0 aromatic heterocycles. The van der Waals surface area contributed by atoms with Gasteiger partial charge in [-0.05, 0) is 26.2 Å². The Morgan fingerprint density at radius 3 is 2.61 bits per heavy atom. The molecule has 5 atom stereocenters. The molecule has 128 valence electrons. The van der Waals surface area contributed by atoms with E-state index in [1.807, 2.05) is 0 Å². The minimum atomic E-state index is -3.26. The molecule has 0 amide bonds. The van der Waals surface area contributed by atoms with Crippen LogP contribution in [0.1, 0.15) is 45.4 Å². The Balaban J connectivity index is 1.66. The van der Waals surface area contributed by atoms with Crippen molar-refractivity contribution in [2.24, 2.45) is 0 Å². The Kier molecular flexibility index (Phi) is 3.81. The zero-order valence-electron chi connectivity index (χ0n) is 13.3. The summed E-state index contributed by atoms with van der Waals surface area (Å²) in [6.45, 7) is 5.28. The molecule has 4 aliphatic rings. The molecular formula is C16H23NO4S2. The van der Waals surface area contributed by atoms with Crippen molar-refractivity contribution in [1.29, 1.82) is 0 Å². The maximum absolute atomic E-state index is 13.0. The maximum Gasteiger partial charge on any atom is 0.333 e. The van der Waals surface area contributed by atoms with Crippen LogP contribution in [0.25, 0.3) is 0 Å². The molecule has 3 saturated heterocycles. The lowest BCUT2D eigenvalue weighted by molar-refractivity contribution is -0.147. The molecule has 0 aromatic carbocycles. The third-order valence-electron chi connectivity index (χ3n) is 5.70. The van der Waals surface area contributed by atoms with Crippen molar-refractivity contribution in [1.82, 2.24) is 4.31 Å². The van der Waals surface area contributed by atoms with Gasteiger partial charge in [-0.15, -0.1) is 11.8 Å². The second-order valence-electron chi connectivity index (χ2n) is 7.22. The molecule has 1 aliphatic carbocycles. The summed E-state index contributed by atoms with van der Waals surface area (Å²) in [6, 6.07) is -0.0742. The van der Waals surface area contributed by atoms with E-state index in [1.54, 1.807) is 23.0 Å². The molecule has 0 N–H and O–H groups in total. The molecule has 7 heteroatoms. The van der Waals surface area contributed by atoms with Gasteiger partial charge in [0.15, 0.2) is 0 Å². The topological polar surface area (TPSA) is 63.7 Å². The standard InChI is InChI=1S/C16H23NO4S2/c1-9(2)16(18)21-14-11-8-12-15(22-11)13(14)17(23(12,19)20)10-6-4-3-5-7-10/h10-15H,1,3-8H2,2H3. The van der Waals surface area contributed by atoms with Gasteiger partial charge in [-0.3, -0.25) is 0 Å². The van der Waals surface area contributed by atoms with Crippen LogP contribution in [0.4, 0.5) is 0 Å². The summed E-state index contributed by atoms with van der Waals surface area (Å²) in [5, 5.41) is -0.0966. The fraction of sp³-hybridized carbons (Fsp3) is 0.812. The van der Waals surface area contributed by atoms with E-state index in [9.17, 15) is 13.2 Å². The Labute approximate surface area is 141 Å². The minimum absolute atomic E-state index is 0.0647. The van der Waals surface area contributed by atoms with Crippen molar-refractivity contribution in [2.45, 2.75) is 79.4 Å². The Bertz CT molecular complexity index is 640. The zero-order valence-corrected chi connectivity index (χ0v) is 14.9. The van der Waals surface area contributed by atoms with E-state index in [0.29, 0.717) is 12.0 Å². The molecular weight excluding hydrogens is 334 g/mol. The molecule has 5 nitrogen and oxygen atoms in total. The number of sulfonamides is 1. The average molecular weight is 357 g/mol. The van der Waals surface area contributed by atoms with Gasteiger partial charge in [-0.2, -0.15) is 4.31 Å². The number of carbonyl (C=O) groups excluding carboxylic acids is 1. The minimum Gasteiger partial charge on any atom is -0.456 e. The number of nitrogens with zero attached hydrogens (tertiary/aromatic N) is 1. The van der Waals surface area contributed by atoms with Crippen molar-refractivity contribution in [3.05, 3.63) is 12.2 Å². The predicted octanol–water partition coefficient (Wildman–Crippen LogP) is 2.08. The normalized spacial score (nSPS) is 42.0. The largest absolute Gasteiger partial charge is 0.456 e. The summed E-state index contributed by atoms with van der Waals surface area (Å²) in [5.74, 6) is -0.396. The first-order valence-corrected chi connectivity index (χ1v) is 10.9. The van der Waals surface area contributed by atoms with Crippen LogP contribution in [0.3, 0.4) is 0 Å². The van der Waals surface area contributed by atoms with Crippen molar-refractivity contribution in [3.63, 3.8) is 0 Å². The first kappa shape index (κ1) is 16.0. The lowest BCUT2D eigenvalue weighted by atomic mass is 9.89. The van der Waals surface area contributed by atoms with Gasteiger partial charge in [0, 0.05) is 22.1 Å². The summed E-state index contributed by atoms with van der Waals surface area (Å²) < 4.78 is 33.5. The van der Waals surface area contributed by atoms with Crippen LogP contribution in [-0.4, -0.2) is 52.6 Å². The van der Waals surface area contributed by atoms with E-state index in [2.05, 4.69) is 6.58 Å². The van der Waals surface area contributed by atoms with Crippen LogP contribution in [0.15, 0.2) is 12.2 Å². The number of ether oxygens (including phenoxy) is 1. The summed E-state index contributed by atoms with van der Waals surface area (Å²) in [7, 11) is -3.26. The molecule has 4 rings (SSSR count). The molecule has 2 bridgehead atoms. The van der Waals surface area contributed by atoms with Crippen molar-refractivity contribution in [3.8, 4) is 0 Å². The molecule has 1 saturated carbocycles.